The zero-order chi connectivity index (χ0) is 25.1. The number of rotatable bonds is 10. The number of fused-ring (bicyclic) bond motifs is 3. The van der Waals surface area contributed by atoms with Crippen LogP contribution in [0.1, 0.15) is 70.4 Å². The quantitative estimate of drug-likeness (QED) is 0.220. The van der Waals surface area contributed by atoms with Crippen molar-refractivity contribution in [2.24, 2.45) is 0 Å². The number of halogens is 1. The molecule has 1 aliphatic heterocycles. The van der Waals surface area contributed by atoms with Crippen LogP contribution in [0.25, 0.3) is 27.5 Å². The second kappa shape index (κ2) is 11.0. The third-order valence-electron chi connectivity index (χ3n) is 7.76. The van der Waals surface area contributed by atoms with E-state index in [-0.39, 0.29) is 5.82 Å². The molecule has 5 rings (SSSR count). The maximum absolute atomic E-state index is 13.5. The summed E-state index contributed by atoms with van der Waals surface area (Å²) < 4.78 is 21.9. The second-order valence-corrected chi connectivity index (χ2v) is 10.1. The number of likely N-dealkylation sites (tertiary alicyclic amines) is 1. The Kier molecular flexibility index (Phi) is 7.51. The van der Waals surface area contributed by atoms with Gasteiger partial charge in [0.25, 0.3) is 0 Å². The van der Waals surface area contributed by atoms with Crippen LogP contribution < -0.4 is 4.74 Å². The second-order valence-electron chi connectivity index (χ2n) is 10.1. The Bertz CT molecular complexity index is 1320. The largest absolute Gasteiger partial charge is 0.462 e. The summed E-state index contributed by atoms with van der Waals surface area (Å²) >= 11 is 0. The van der Waals surface area contributed by atoms with Crippen LogP contribution in [-0.4, -0.2) is 45.7 Å². The van der Waals surface area contributed by atoms with E-state index in [0.717, 1.165) is 59.0 Å². The smallest absolute Gasteiger partial charge is 0.317 e. The minimum Gasteiger partial charge on any atom is -0.462 e. The molecular formula is C30H37FN4O. The molecule has 0 bridgehead atoms. The van der Waals surface area contributed by atoms with E-state index in [1.54, 1.807) is 12.1 Å². The molecule has 0 aliphatic carbocycles. The van der Waals surface area contributed by atoms with Gasteiger partial charge < -0.3 is 14.2 Å². The topological polar surface area (TPSA) is 43.2 Å². The Morgan fingerprint density at radius 2 is 1.86 bits per heavy atom. The number of ether oxygens (including phenoxy) is 1. The molecule has 4 aromatic rings. The first-order valence-corrected chi connectivity index (χ1v) is 13.5. The van der Waals surface area contributed by atoms with Gasteiger partial charge >= 0.3 is 6.01 Å². The summed E-state index contributed by atoms with van der Waals surface area (Å²) in [5.74, 6) is 0.136. The minimum atomic E-state index is -0.235. The zero-order valence-electron chi connectivity index (χ0n) is 21.7. The fourth-order valence-electron chi connectivity index (χ4n) is 5.55. The molecule has 5 nitrogen and oxygen atoms in total. The van der Waals surface area contributed by atoms with Crippen LogP contribution in [0.15, 0.2) is 48.7 Å². The number of likely N-dealkylation sites (N-methyl/N-ethyl adjacent to an activating group) is 1. The molecule has 0 radical (unpaired) electrons. The van der Waals surface area contributed by atoms with Gasteiger partial charge in [-0.2, -0.15) is 9.97 Å². The first-order valence-electron chi connectivity index (χ1n) is 13.5. The van der Waals surface area contributed by atoms with Crippen LogP contribution in [0.5, 0.6) is 6.01 Å². The third kappa shape index (κ3) is 4.96. The van der Waals surface area contributed by atoms with E-state index in [1.807, 2.05) is 6.20 Å². The fourth-order valence-corrected chi connectivity index (χ4v) is 5.55. The molecule has 3 heterocycles. The van der Waals surface area contributed by atoms with Crippen molar-refractivity contribution in [3.63, 3.8) is 0 Å². The van der Waals surface area contributed by atoms with Gasteiger partial charge in [-0.05, 0) is 81.7 Å². The van der Waals surface area contributed by atoms with Gasteiger partial charge in [0.05, 0.1) is 16.7 Å². The summed E-state index contributed by atoms with van der Waals surface area (Å²) in [5, 5.41) is 2.17. The highest BCUT2D eigenvalue weighted by Gasteiger charge is 2.23. The molecule has 2 aromatic carbocycles. The van der Waals surface area contributed by atoms with Crippen molar-refractivity contribution in [3.8, 4) is 11.7 Å². The van der Waals surface area contributed by atoms with Gasteiger partial charge in [0.15, 0.2) is 0 Å². The summed E-state index contributed by atoms with van der Waals surface area (Å²) in [5.41, 5.74) is 4.00. The van der Waals surface area contributed by atoms with Crippen LogP contribution >= 0.6 is 0 Å². The fraction of sp³-hybridized carbons (Fsp3) is 0.467. The van der Waals surface area contributed by atoms with Crippen LogP contribution in [0.2, 0.25) is 0 Å². The van der Waals surface area contributed by atoms with Crippen molar-refractivity contribution in [1.82, 2.24) is 19.4 Å². The van der Waals surface area contributed by atoms with Gasteiger partial charge in [0.1, 0.15) is 12.4 Å². The van der Waals surface area contributed by atoms with Crippen LogP contribution in [0.3, 0.4) is 0 Å². The maximum Gasteiger partial charge on any atom is 0.317 e. The highest BCUT2D eigenvalue weighted by molar-refractivity contribution is 6.05. The number of hydrogen-bond acceptors (Lipinski definition) is 4. The van der Waals surface area contributed by atoms with Gasteiger partial charge in [-0.15, -0.1) is 0 Å². The minimum absolute atomic E-state index is 0.235. The zero-order valence-corrected chi connectivity index (χ0v) is 21.7. The molecule has 0 saturated carbocycles. The molecule has 1 aliphatic rings. The normalized spacial score (nSPS) is 17.3. The maximum atomic E-state index is 13.5. The number of benzene rings is 2. The van der Waals surface area contributed by atoms with Crippen LogP contribution in [0, 0.1) is 5.82 Å². The Labute approximate surface area is 213 Å². The number of unbranched alkanes of at least 4 members (excludes halogenated alkanes) is 2. The lowest BCUT2D eigenvalue weighted by Crippen LogP contribution is -2.31. The summed E-state index contributed by atoms with van der Waals surface area (Å²) in [6, 6.07) is 13.9. The van der Waals surface area contributed by atoms with E-state index >= 15 is 0 Å². The summed E-state index contributed by atoms with van der Waals surface area (Å²) in [6.07, 6.45) is 10.2. The van der Waals surface area contributed by atoms with Gasteiger partial charge in [-0.25, -0.2) is 4.39 Å². The molecule has 1 unspecified atom stereocenters. The van der Waals surface area contributed by atoms with E-state index in [4.69, 9.17) is 14.7 Å². The van der Waals surface area contributed by atoms with Crippen molar-refractivity contribution in [3.05, 3.63) is 60.2 Å². The Morgan fingerprint density at radius 3 is 2.58 bits per heavy atom. The Morgan fingerprint density at radius 1 is 1.03 bits per heavy atom. The monoisotopic (exact) mass is 488 g/mol. The SMILES string of the molecule is CCCCCC(CC)c1nc(OC[C@@H]2CCCN2C)nc2c1ccc1c2ccn1-c1ccc(F)cc1. The van der Waals surface area contributed by atoms with Gasteiger partial charge in [-0.3, -0.25) is 0 Å². The molecule has 1 saturated heterocycles. The molecule has 2 aromatic heterocycles. The number of aromatic nitrogens is 3. The molecule has 2 atom stereocenters. The van der Waals surface area contributed by atoms with Gasteiger partial charge in [0, 0.05) is 34.6 Å². The van der Waals surface area contributed by atoms with E-state index in [2.05, 4.69) is 48.6 Å². The predicted molar refractivity (Wildman–Crippen MR) is 145 cm³/mol. The van der Waals surface area contributed by atoms with Crippen LogP contribution in [0.4, 0.5) is 4.39 Å². The molecule has 0 N–H and O–H groups in total. The highest BCUT2D eigenvalue weighted by atomic mass is 19.1. The molecule has 0 amide bonds. The third-order valence-corrected chi connectivity index (χ3v) is 7.76. The average Bonchev–Trinajstić information content (AvgIpc) is 3.51. The van der Waals surface area contributed by atoms with Gasteiger partial charge in [0.2, 0.25) is 0 Å². The van der Waals surface area contributed by atoms with Gasteiger partial charge in [-0.1, -0.05) is 33.1 Å². The Hall–Kier alpha value is -2.99. The predicted octanol–water partition coefficient (Wildman–Crippen LogP) is 7.26. The summed E-state index contributed by atoms with van der Waals surface area (Å²) in [6.45, 7) is 6.23. The molecule has 36 heavy (non-hydrogen) atoms. The Balaban J connectivity index is 1.58. The lowest BCUT2D eigenvalue weighted by molar-refractivity contribution is 0.187. The lowest BCUT2D eigenvalue weighted by Gasteiger charge is -2.21. The van der Waals surface area contributed by atoms with Crippen molar-refractivity contribution in [2.45, 2.75) is 70.8 Å². The first kappa shape index (κ1) is 24.7. The summed E-state index contributed by atoms with van der Waals surface area (Å²) in [4.78, 5) is 12.3. The first-order chi connectivity index (χ1) is 17.6. The van der Waals surface area contributed by atoms with Crippen molar-refractivity contribution in [2.75, 3.05) is 20.2 Å². The molecular weight excluding hydrogens is 451 g/mol. The summed E-state index contributed by atoms with van der Waals surface area (Å²) in [7, 11) is 2.16. The molecule has 0 spiro atoms. The van der Waals surface area contributed by atoms with E-state index in [9.17, 15) is 4.39 Å². The van der Waals surface area contributed by atoms with Crippen molar-refractivity contribution >= 4 is 21.8 Å². The average molecular weight is 489 g/mol. The van der Waals surface area contributed by atoms with E-state index < -0.39 is 0 Å². The van der Waals surface area contributed by atoms with Crippen molar-refractivity contribution < 1.29 is 9.13 Å². The molecule has 190 valence electrons. The number of nitrogens with zero attached hydrogens (tertiary/aromatic N) is 4. The van der Waals surface area contributed by atoms with Crippen molar-refractivity contribution in [1.29, 1.82) is 0 Å². The molecule has 1 fully saturated rings. The highest BCUT2D eigenvalue weighted by Crippen LogP contribution is 2.35. The molecule has 6 heteroatoms. The van der Waals surface area contributed by atoms with Crippen LogP contribution in [-0.2, 0) is 0 Å². The van der Waals surface area contributed by atoms with E-state index in [1.165, 1.54) is 37.8 Å². The van der Waals surface area contributed by atoms with E-state index in [0.29, 0.717) is 24.6 Å². The lowest BCUT2D eigenvalue weighted by atomic mass is 9.92. The standard InChI is InChI=1S/C30H37FN4O/c1-4-6-7-9-21(5-2)28-26-15-16-27-25(17-19-35(27)23-13-11-22(31)12-14-23)29(26)33-30(32-28)36-20-24-10-8-18-34(24)3/h11-17,19,21,24H,4-10,18,20H2,1-3H3/t21?,24-/m0/s1. The number of hydrogen-bond donors (Lipinski definition) is 0.